The Morgan fingerprint density at radius 1 is 1.47 bits per heavy atom. The Balaban J connectivity index is 2.46. The molecule has 2 unspecified atom stereocenters. The van der Waals surface area contributed by atoms with Gasteiger partial charge in [0.15, 0.2) is 5.82 Å². The highest BCUT2D eigenvalue weighted by Gasteiger charge is 2.33. The Hall–Kier alpha value is -0.990. The molecule has 0 aromatic carbocycles. The number of primary sulfonamides is 1. The molecule has 0 spiro atoms. The van der Waals surface area contributed by atoms with E-state index in [0.717, 1.165) is 6.42 Å². The topological polar surface area (TPSA) is 100 Å². The molecule has 1 saturated heterocycles. The first-order valence-corrected chi connectivity index (χ1v) is 7.93. The van der Waals surface area contributed by atoms with Gasteiger partial charge in [0.1, 0.15) is 6.10 Å². The lowest BCUT2D eigenvalue weighted by Gasteiger charge is -2.17. The third-order valence-electron chi connectivity index (χ3n) is 3.19. The van der Waals surface area contributed by atoms with Crippen LogP contribution in [0.5, 0.6) is 0 Å². The van der Waals surface area contributed by atoms with Crippen LogP contribution in [0.1, 0.15) is 39.1 Å². The Kier molecular flexibility index (Phi) is 3.93. The number of hydrogen-bond acceptors (Lipinski definition) is 5. The van der Waals surface area contributed by atoms with Gasteiger partial charge in [0.25, 0.3) is 15.2 Å². The van der Waals surface area contributed by atoms with Crippen LogP contribution in [-0.2, 0) is 21.3 Å². The number of nitrogens with two attached hydrogens (primary N) is 1. The number of hydrogen-bond donors (Lipinski definition) is 1. The number of sulfonamides is 1. The molecule has 1 aromatic heterocycles. The fourth-order valence-electron chi connectivity index (χ4n) is 2.28. The standard InChI is InChI=1S/C11H20N4O3S/c1-7(2)6-15-10(9-8(3)4-5-18-9)13-14-11(15)19(12,16)17/h7-9H,4-6H2,1-3H3,(H2,12,16,17). The van der Waals surface area contributed by atoms with E-state index in [1.54, 1.807) is 4.57 Å². The van der Waals surface area contributed by atoms with Gasteiger partial charge in [-0.15, -0.1) is 10.2 Å². The van der Waals surface area contributed by atoms with Gasteiger partial charge < -0.3 is 4.74 Å². The van der Waals surface area contributed by atoms with Gasteiger partial charge in [0.05, 0.1) is 0 Å². The van der Waals surface area contributed by atoms with E-state index in [2.05, 4.69) is 17.1 Å². The van der Waals surface area contributed by atoms with Crippen molar-refractivity contribution >= 4 is 10.0 Å². The molecule has 0 aliphatic carbocycles. The van der Waals surface area contributed by atoms with Crippen LogP contribution in [0.25, 0.3) is 0 Å². The second-order valence-corrected chi connectivity index (χ2v) is 6.90. The maximum Gasteiger partial charge on any atom is 0.273 e. The summed E-state index contributed by atoms with van der Waals surface area (Å²) in [6, 6.07) is 0. The summed E-state index contributed by atoms with van der Waals surface area (Å²) in [5, 5.41) is 12.7. The zero-order valence-corrected chi connectivity index (χ0v) is 12.2. The second-order valence-electron chi connectivity index (χ2n) is 5.45. The first-order valence-electron chi connectivity index (χ1n) is 6.38. The number of aromatic nitrogens is 3. The molecule has 0 saturated carbocycles. The summed E-state index contributed by atoms with van der Waals surface area (Å²) in [5.41, 5.74) is 0. The lowest BCUT2D eigenvalue weighted by molar-refractivity contribution is 0.0828. The van der Waals surface area contributed by atoms with E-state index in [1.165, 1.54) is 0 Å². The molecule has 0 amide bonds. The predicted octanol–water partition coefficient (Wildman–Crippen LogP) is 0.679. The normalized spacial score (nSPS) is 24.3. The molecule has 1 aromatic rings. The Morgan fingerprint density at radius 2 is 2.16 bits per heavy atom. The lowest BCUT2D eigenvalue weighted by Crippen LogP contribution is -2.22. The van der Waals surface area contributed by atoms with Crippen LogP contribution in [0.15, 0.2) is 5.16 Å². The second kappa shape index (κ2) is 5.18. The summed E-state index contributed by atoms with van der Waals surface area (Å²) in [5.74, 6) is 1.11. The summed E-state index contributed by atoms with van der Waals surface area (Å²) in [6.07, 6.45) is 0.728. The average molecular weight is 288 g/mol. The van der Waals surface area contributed by atoms with Crippen molar-refractivity contribution in [3.05, 3.63) is 5.82 Å². The third kappa shape index (κ3) is 2.96. The molecule has 2 heterocycles. The molecule has 0 bridgehead atoms. The summed E-state index contributed by atoms with van der Waals surface area (Å²) >= 11 is 0. The fraction of sp³-hybridized carbons (Fsp3) is 0.818. The van der Waals surface area contributed by atoms with E-state index in [1.807, 2.05) is 13.8 Å². The molecule has 2 atom stereocenters. The summed E-state index contributed by atoms with van der Waals surface area (Å²) in [7, 11) is -3.87. The molecule has 1 fully saturated rings. The van der Waals surface area contributed by atoms with Crippen molar-refractivity contribution < 1.29 is 13.2 Å². The highest BCUT2D eigenvalue weighted by Crippen LogP contribution is 2.33. The van der Waals surface area contributed by atoms with E-state index < -0.39 is 10.0 Å². The minimum Gasteiger partial charge on any atom is -0.370 e. The monoisotopic (exact) mass is 288 g/mol. The minimum absolute atomic E-state index is 0.182. The maximum atomic E-state index is 11.6. The molecule has 2 rings (SSSR count). The molecule has 108 valence electrons. The fourth-order valence-corrected chi connectivity index (χ4v) is 2.91. The molecule has 1 aliphatic heterocycles. The van der Waals surface area contributed by atoms with Crippen molar-refractivity contribution in [3.8, 4) is 0 Å². The van der Waals surface area contributed by atoms with E-state index in [4.69, 9.17) is 9.88 Å². The minimum atomic E-state index is -3.87. The smallest absolute Gasteiger partial charge is 0.273 e. The van der Waals surface area contributed by atoms with Crippen LogP contribution in [0.4, 0.5) is 0 Å². The van der Waals surface area contributed by atoms with Gasteiger partial charge >= 0.3 is 0 Å². The van der Waals surface area contributed by atoms with Gasteiger partial charge in [-0.05, 0) is 18.3 Å². The summed E-state index contributed by atoms with van der Waals surface area (Å²) in [6.45, 7) is 7.21. The van der Waals surface area contributed by atoms with Crippen LogP contribution < -0.4 is 5.14 Å². The van der Waals surface area contributed by atoms with Crippen LogP contribution in [-0.4, -0.2) is 29.8 Å². The number of rotatable bonds is 4. The first kappa shape index (κ1) is 14.4. The van der Waals surface area contributed by atoms with Crippen molar-refractivity contribution in [2.45, 2.75) is 45.0 Å². The first-order chi connectivity index (χ1) is 8.80. The van der Waals surface area contributed by atoms with Crippen molar-refractivity contribution in [1.82, 2.24) is 14.8 Å². The van der Waals surface area contributed by atoms with Gasteiger partial charge in [-0.3, -0.25) is 4.57 Å². The molecular weight excluding hydrogens is 268 g/mol. The molecule has 8 heteroatoms. The summed E-state index contributed by atoms with van der Waals surface area (Å²) < 4.78 is 30.3. The third-order valence-corrected chi connectivity index (χ3v) is 4.00. The number of ether oxygens (including phenoxy) is 1. The molecule has 7 nitrogen and oxygen atoms in total. The maximum absolute atomic E-state index is 11.6. The lowest BCUT2D eigenvalue weighted by atomic mass is 10.0. The van der Waals surface area contributed by atoms with Crippen LogP contribution >= 0.6 is 0 Å². The van der Waals surface area contributed by atoms with E-state index in [0.29, 0.717) is 24.9 Å². The van der Waals surface area contributed by atoms with E-state index >= 15 is 0 Å². The van der Waals surface area contributed by atoms with Crippen molar-refractivity contribution in [3.63, 3.8) is 0 Å². The predicted molar refractivity (Wildman–Crippen MR) is 68.7 cm³/mol. The van der Waals surface area contributed by atoms with Crippen molar-refractivity contribution in [1.29, 1.82) is 0 Å². The molecule has 0 radical (unpaired) electrons. The van der Waals surface area contributed by atoms with Crippen LogP contribution in [0.3, 0.4) is 0 Å². The highest BCUT2D eigenvalue weighted by molar-refractivity contribution is 7.89. The summed E-state index contributed by atoms with van der Waals surface area (Å²) in [4.78, 5) is 0. The molecule has 2 N–H and O–H groups in total. The van der Waals surface area contributed by atoms with Gasteiger partial charge in [-0.25, -0.2) is 13.6 Å². The van der Waals surface area contributed by atoms with Crippen LogP contribution in [0.2, 0.25) is 0 Å². The average Bonchev–Trinajstić information content (AvgIpc) is 2.82. The Morgan fingerprint density at radius 3 is 2.63 bits per heavy atom. The zero-order chi connectivity index (χ0) is 14.2. The van der Waals surface area contributed by atoms with Gasteiger partial charge in [0, 0.05) is 13.2 Å². The van der Waals surface area contributed by atoms with Crippen molar-refractivity contribution in [2.24, 2.45) is 17.0 Å². The van der Waals surface area contributed by atoms with E-state index in [9.17, 15) is 8.42 Å². The quantitative estimate of drug-likeness (QED) is 0.878. The van der Waals surface area contributed by atoms with Gasteiger partial charge in [-0.1, -0.05) is 20.8 Å². The molecular formula is C11H20N4O3S. The molecule has 19 heavy (non-hydrogen) atoms. The van der Waals surface area contributed by atoms with Gasteiger partial charge in [-0.2, -0.15) is 0 Å². The van der Waals surface area contributed by atoms with Crippen LogP contribution in [0, 0.1) is 11.8 Å². The van der Waals surface area contributed by atoms with E-state index in [-0.39, 0.29) is 17.2 Å². The Bertz CT molecular complexity index is 552. The van der Waals surface area contributed by atoms with Crippen molar-refractivity contribution in [2.75, 3.05) is 6.61 Å². The SMILES string of the molecule is CC(C)Cn1c(C2OCCC2C)nnc1S(N)(=O)=O. The zero-order valence-electron chi connectivity index (χ0n) is 11.4. The van der Waals surface area contributed by atoms with Gasteiger partial charge in [0.2, 0.25) is 0 Å². The largest absolute Gasteiger partial charge is 0.370 e. The highest BCUT2D eigenvalue weighted by atomic mass is 32.2. The Labute approximate surface area is 113 Å². The number of nitrogens with zero attached hydrogens (tertiary/aromatic N) is 3. The molecule has 1 aliphatic rings.